The largest absolute Gasteiger partial charge is 0.355 e. The number of hydrogen-bond acceptors (Lipinski definition) is 2. The average molecular weight is 317 g/mol. The lowest BCUT2D eigenvalue weighted by molar-refractivity contribution is 0.607. The third-order valence-corrected chi connectivity index (χ3v) is 5.63. The van der Waals surface area contributed by atoms with Crippen LogP contribution in [0.4, 0.5) is 11.4 Å². The summed E-state index contributed by atoms with van der Waals surface area (Å²) in [6.45, 7) is 4.63. The zero-order valence-electron chi connectivity index (χ0n) is 13.3. The molecule has 0 bridgehead atoms. The molecule has 1 nitrogen and oxygen atoms in total. The monoisotopic (exact) mass is 317 g/mol. The third kappa shape index (κ3) is 2.53. The van der Waals surface area contributed by atoms with E-state index in [2.05, 4.69) is 85.9 Å². The normalized spacial score (nSPS) is 14.7. The molecule has 0 unspecified atom stereocenters. The van der Waals surface area contributed by atoms with Gasteiger partial charge in [-0.3, -0.25) is 0 Å². The Morgan fingerprint density at radius 3 is 2.22 bits per heavy atom. The summed E-state index contributed by atoms with van der Waals surface area (Å²) < 4.78 is 0. The van der Waals surface area contributed by atoms with E-state index in [0.717, 1.165) is 11.4 Å². The van der Waals surface area contributed by atoms with Crippen LogP contribution in [0.2, 0.25) is 0 Å². The number of fused-ring (bicyclic) bond motifs is 2. The topological polar surface area (TPSA) is 12.0 Å². The minimum absolute atomic E-state index is 0.0441. The van der Waals surface area contributed by atoms with Gasteiger partial charge in [0.2, 0.25) is 0 Å². The van der Waals surface area contributed by atoms with Crippen LogP contribution in [0.3, 0.4) is 0 Å². The van der Waals surface area contributed by atoms with Gasteiger partial charge in [0.15, 0.2) is 0 Å². The molecule has 0 saturated carbocycles. The molecule has 3 aromatic rings. The predicted molar refractivity (Wildman–Crippen MR) is 98.9 cm³/mol. The molecule has 1 heterocycles. The van der Waals surface area contributed by atoms with E-state index in [-0.39, 0.29) is 5.41 Å². The number of rotatable bonds is 2. The molecule has 1 N–H and O–H groups in total. The molecule has 0 aromatic heterocycles. The van der Waals surface area contributed by atoms with Crippen LogP contribution in [0, 0.1) is 0 Å². The fourth-order valence-electron chi connectivity index (χ4n) is 3.22. The lowest BCUT2D eigenvalue weighted by Crippen LogP contribution is -2.23. The van der Waals surface area contributed by atoms with E-state index in [1.807, 2.05) is 17.8 Å². The van der Waals surface area contributed by atoms with Crippen molar-refractivity contribution < 1.29 is 0 Å². The molecule has 0 radical (unpaired) electrons. The number of anilines is 2. The molecule has 0 fully saturated rings. The van der Waals surface area contributed by atoms with Gasteiger partial charge in [-0.1, -0.05) is 68.1 Å². The Kier molecular flexibility index (Phi) is 3.42. The Labute approximate surface area is 141 Å². The predicted octanol–water partition coefficient (Wildman–Crippen LogP) is 6.22. The molecule has 1 aliphatic heterocycles. The van der Waals surface area contributed by atoms with E-state index >= 15 is 0 Å². The Morgan fingerprint density at radius 2 is 1.39 bits per heavy atom. The van der Waals surface area contributed by atoms with E-state index in [0.29, 0.717) is 0 Å². The maximum absolute atomic E-state index is 3.49. The van der Waals surface area contributed by atoms with Crippen LogP contribution in [-0.4, -0.2) is 0 Å². The van der Waals surface area contributed by atoms with Crippen molar-refractivity contribution in [3.63, 3.8) is 0 Å². The van der Waals surface area contributed by atoms with Crippen LogP contribution in [0.25, 0.3) is 0 Å². The summed E-state index contributed by atoms with van der Waals surface area (Å²) in [6, 6.07) is 25.8. The molecule has 2 heteroatoms. The van der Waals surface area contributed by atoms with Crippen molar-refractivity contribution in [1.82, 2.24) is 0 Å². The molecule has 0 saturated heterocycles. The lowest BCUT2D eigenvalue weighted by Gasteiger charge is -2.34. The first kappa shape index (κ1) is 14.4. The van der Waals surface area contributed by atoms with Crippen molar-refractivity contribution >= 4 is 23.1 Å². The second-order valence-electron chi connectivity index (χ2n) is 6.43. The van der Waals surface area contributed by atoms with Gasteiger partial charge in [0.25, 0.3) is 0 Å². The molecule has 23 heavy (non-hydrogen) atoms. The van der Waals surface area contributed by atoms with Crippen LogP contribution in [-0.2, 0) is 5.41 Å². The van der Waals surface area contributed by atoms with Crippen LogP contribution in [0.1, 0.15) is 25.0 Å². The highest BCUT2D eigenvalue weighted by molar-refractivity contribution is 7.99. The summed E-state index contributed by atoms with van der Waals surface area (Å²) in [7, 11) is 0. The SMILES string of the molecule is CC1(C)c2ccccc2Sc2cc(Nc3ccccc3)ccc21. The number of hydrogen-bond donors (Lipinski definition) is 1. The smallest absolute Gasteiger partial charge is 0.0395 e. The van der Waals surface area contributed by atoms with Crippen LogP contribution >= 0.6 is 11.8 Å². The highest BCUT2D eigenvalue weighted by Gasteiger charge is 2.32. The van der Waals surface area contributed by atoms with Crippen molar-refractivity contribution in [3.8, 4) is 0 Å². The van der Waals surface area contributed by atoms with Crippen molar-refractivity contribution in [3.05, 3.63) is 83.9 Å². The van der Waals surface area contributed by atoms with Gasteiger partial charge in [-0.05, 0) is 41.5 Å². The summed E-state index contributed by atoms with van der Waals surface area (Å²) in [6.07, 6.45) is 0. The zero-order valence-corrected chi connectivity index (χ0v) is 14.2. The molecule has 0 amide bonds. The Hall–Kier alpha value is -2.19. The van der Waals surface area contributed by atoms with Crippen LogP contribution in [0.5, 0.6) is 0 Å². The van der Waals surface area contributed by atoms with E-state index in [1.54, 1.807) is 0 Å². The second-order valence-corrected chi connectivity index (χ2v) is 7.51. The Balaban J connectivity index is 1.74. The van der Waals surface area contributed by atoms with Crippen molar-refractivity contribution in [2.45, 2.75) is 29.1 Å². The van der Waals surface area contributed by atoms with Crippen molar-refractivity contribution in [1.29, 1.82) is 0 Å². The van der Waals surface area contributed by atoms with Gasteiger partial charge in [-0.15, -0.1) is 0 Å². The first-order valence-electron chi connectivity index (χ1n) is 7.88. The summed E-state index contributed by atoms with van der Waals surface area (Å²) in [5.41, 5.74) is 5.12. The molecular weight excluding hydrogens is 298 g/mol. The first-order chi connectivity index (χ1) is 11.1. The summed E-state index contributed by atoms with van der Waals surface area (Å²) in [5.74, 6) is 0. The van der Waals surface area contributed by atoms with E-state index in [4.69, 9.17) is 0 Å². The number of nitrogens with one attached hydrogen (secondary N) is 1. The summed E-state index contributed by atoms with van der Waals surface area (Å²) in [5, 5.41) is 3.49. The first-order valence-corrected chi connectivity index (χ1v) is 8.70. The van der Waals surface area contributed by atoms with Crippen molar-refractivity contribution in [2.75, 3.05) is 5.32 Å². The molecule has 0 aliphatic carbocycles. The fraction of sp³-hybridized carbons (Fsp3) is 0.143. The highest BCUT2D eigenvalue weighted by atomic mass is 32.2. The molecular formula is C21H19NS. The Bertz CT molecular complexity index is 853. The van der Waals surface area contributed by atoms with Gasteiger partial charge in [0, 0.05) is 26.6 Å². The maximum atomic E-state index is 3.49. The van der Waals surface area contributed by atoms with E-state index < -0.39 is 0 Å². The van der Waals surface area contributed by atoms with Crippen LogP contribution < -0.4 is 5.32 Å². The Morgan fingerprint density at radius 1 is 0.696 bits per heavy atom. The minimum atomic E-state index is 0.0441. The van der Waals surface area contributed by atoms with Gasteiger partial charge in [-0.2, -0.15) is 0 Å². The molecule has 0 atom stereocenters. The average Bonchev–Trinajstić information content (AvgIpc) is 2.56. The van der Waals surface area contributed by atoms with E-state index in [9.17, 15) is 0 Å². The standard InChI is InChI=1S/C21H19NS/c1-21(2)17-10-6-7-11-19(17)23-20-14-16(12-13-18(20)21)22-15-8-4-3-5-9-15/h3-14,22H,1-2H3. The quantitative estimate of drug-likeness (QED) is 0.602. The highest BCUT2D eigenvalue weighted by Crippen LogP contribution is 2.49. The third-order valence-electron chi connectivity index (χ3n) is 4.50. The molecule has 114 valence electrons. The number of para-hydroxylation sites is 1. The second kappa shape index (κ2) is 5.47. The molecule has 1 aliphatic rings. The fourth-order valence-corrected chi connectivity index (χ4v) is 4.66. The van der Waals surface area contributed by atoms with Gasteiger partial charge in [0.1, 0.15) is 0 Å². The van der Waals surface area contributed by atoms with Gasteiger partial charge in [0.05, 0.1) is 0 Å². The molecule has 4 rings (SSSR count). The summed E-state index contributed by atoms with van der Waals surface area (Å²) >= 11 is 1.87. The van der Waals surface area contributed by atoms with Crippen molar-refractivity contribution in [2.24, 2.45) is 0 Å². The minimum Gasteiger partial charge on any atom is -0.355 e. The van der Waals surface area contributed by atoms with Gasteiger partial charge < -0.3 is 5.32 Å². The summed E-state index contributed by atoms with van der Waals surface area (Å²) in [4.78, 5) is 2.71. The molecule has 0 spiro atoms. The number of benzene rings is 3. The van der Waals surface area contributed by atoms with E-state index in [1.165, 1.54) is 20.9 Å². The maximum Gasteiger partial charge on any atom is 0.0395 e. The lowest BCUT2D eigenvalue weighted by atomic mass is 9.77. The van der Waals surface area contributed by atoms with Gasteiger partial charge >= 0.3 is 0 Å². The zero-order chi connectivity index (χ0) is 15.9. The van der Waals surface area contributed by atoms with Crippen LogP contribution in [0.15, 0.2) is 82.6 Å². The van der Waals surface area contributed by atoms with Gasteiger partial charge in [-0.25, -0.2) is 0 Å². The molecule has 3 aromatic carbocycles.